The number of carbonyl (C=O) groups is 3. The van der Waals surface area contributed by atoms with E-state index in [0.29, 0.717) is 16.9 Å². The second-order valence-corrected chi connectivity index (χ2v) is 7.35. The number of halogens is 1. The molecule has 1 fully saturated rings. The molecule has 5 nitrogen and oxygen atoms in total. The van der Waals surface area contributed by atoms with Crippen molar-refractivity contribution < 1.29 is 19.1 Å². The van der Waals surface area contributed by atoms with Gasteiger partial charge in [-0.25, -0.2) is 0 Å². The lowest BCUT2D eigenvalue weighted by molar-refractivity contribution is -0.122. The average molecular weight is 432 g/mol. The van der Waals surface area contributed by atoms with Gasteiger partial charge in [0.25, 0.3) is 11.1 Å². The second kappa shape index (κ2) is 7.88. The van der Waals surface area contributed by atoms with Gasteiger partial charge >= 0.3 is 0 Å². The van der Waals surface area contributed by atoms with Crippen molar-refractivity contribution in [3.05, 3.63) is 69.0 Å². The van der Waals surface area contributed by atoms with Gasteiger partial charge in [0.2, 0.25) is 0 Å². The number of nitrogens with zero attached hydrogens (tertiary/aromatic N) is 1. The number of hydrogen-bond acceptors (Lipinski definition) is 5. The van der Waals surface area contributed by atoms with Gasteiger partial charge < -0.3 is 4.74 Å². The molecule has 2 aromatic carbocycles. The fourth-order valence-electron chi connectivity index (χ4n) is 2.43. The summed E-state index contributed by atoms with van der Waals surface area (Å²) in [5.41, 5.74) is 1.14. The molecule has 0 unspecified atom stereocenters. The number of ether oxygens (including phenoxy) is 1. The Morgan fingerprint density at radius 1 is 1.15 bits per heavy atom. The summed E-state index contributed by atoms with van der Waals surface area (Å²) in [7, 11) is 1.54. The first kappa shape index (κ1) is 18.4. The number of thioether (sulfide) groups is 1. The summed E-state index contributed by atoms with van der Waals surface area (Å²) in [6.45, 7) is -0.282. The van der Waals surface area contributed by atoms with Crippen molar-refractivity contribution >= 4 is 50.7 Å². The second-order valence-electron chi connectivity index (χ2n) is 5.44. The topological polar surface area (TPSA) is 63.7 Å². The van der Waals surface area contributed by atoms with E-state index >= 15 is 0 Å². The van der Waals surface area contributed by atoms with Crippen molar-refractivity contribution in [2.75, 3.05) is 13.7 Å². The number of benzene rings is 2. The number of ketones is 1. The summed E-state index contributed by atoms with van der Waals surface area (Å²) in [4.78, 5) is 38.3. The molecule has 1 saturated heterocycles. The zero-order valence-electron chi connectivity index (χ0n) is 13.8. The molecule has 0 spiro atoms. The van der Waals surface area contributed by atoms with Crippen molar-refractivity contribution in [3.8, 4) is 5.75 Å². The number of Topliss-reactive ketones (excluding diaryl/α,β-unsaturated/α-hetero) is 1. The third-order valence-corrected chi connectivity index (χ3v) is 5.20. The first-order valence-corrected chi connectivity index (χ1v) is 9.27. The van der Waals surface area contributed by atoms with Gasteiger partial charge in [-0.1, -0.05) is 46.3 Å². The van der Waals surface area contributed by atoms with Gasteiger partial charge in [0, 0.05) is 15.6 Å². The van der Waals surface area contributed by atoms with Crippen LogP contribution >= 0.6 is 27.7 Å². The SMILES string of the molecule is COc1ccccc1C=C1SC(=O)N(CC(=O)c2ccc(Br)cc2)C1=O. The molecule has 0 bridgehead atoms. The predicted octanol–water partition coefficient (Wildman–Crippen LogP) is 4.38. The molecule has 1 aliphatic heterocycles. The largest absolute Gasteiger partial charge is 0.496 e. The van der Waals surface area contributed by atoms with E-state index in [2.05, 4.69) is 15.9 Å². The first-order valence-electron chi connectivity index (χ1n) is 7.67. The molecule has 0 atom stereocenters. The standard InChI is InChI=1S/C19H14BrNO4S/c1-25-16-5-3-2-4-13(16)10-17-18(23)21(19(24)26-17)11-15(22)12-6-8-14(20)9-7-12/h2-10H,11H2,1H3. The maximum atomic E-state index is 12.6. The van der Waals surface area contributed by atoms with Gasteiger partial charge in [0.1, 0.15) is 5.75 Å². The third kappa shape index (κ3) is 3.89. The summed E-state index contributed by atoms with van der Waals surface area (Å²) >= 11 is 4.12. The van der Waals surface area contributed by atoms with E-state index in [1.807, 2.05) is 12.1 Å². The Morgan fingerprint density at radius 2 is 1.85 bits per heavy atom. The van der Waals surface area contributed by atoms with Crippen LogP contribution in [0, 0.1) is 0 Å². The smallest absolute Gasteiger partial charge is 0.293 e. The fourth-order valence-corrected chi connectivity index (χ4v) is 3.53. The van der Waals surface area contributed by atoms with E-state index in [9.17, 15) is 14.4 Å². The lowest BCUT2D eigenvalue weighted by atomic mass is 10.1. The van der Waals surface area contributed by atoms with E-state index in [1.54, 1.807) is 42.5 Å². The van der Waals surface area contributed by atoms with Crippen LogP contribution in [0.1, 0.15) is 15.9 Å². The minimum atomic E-state index is -0.476. The summed E-state index contributed by atoms with van der Waals surface area (Å²) in [5, 5.41) is -0.457. The molecule has 2 aromatic rings. The number of rotatable bonds is 5. The van der Waals surface area contributed by atoms with Crippen LogP contribution in [0.25, 0.3) is 6.08 Å². The lowest BCUT2D eigenvalue weighted by Crippen LogP contribution is -2.33. The molecule has 2 amide bonds. The van der Waals surface area contributed by atoms with Crippen molar-refractivity contribution in [2.24, 2.45) is 0 Å². The molecule has 0 aliphatic carbocycles. The van der Waals surface area contributed by atoms with E-state index < -0.39 is 11.1 Å². The van der Waals surface area contributed by atoms with Gasteiger partial charge in [-0.2, -0.15) is 0 Å². The molecule has 0 saturated carbocycles. The zero-order chi connectivity index (χ0) is 18.7. The molecule has 26 heavy (non-hydrogen) atoms. The number of methoxy groups -OCH3 is 1. The maximum absolute atomic E-state index is 12.6. The third-order valence-electron chi connectivity index (χ3n) is 3.77. The van der Waals surface area contributed by atoms with E-state index in [-0.39, 0.29) is 17.2 Å². The normalized spacial score (nSPS) is 15.6. The molecule has 0 radical (unpaired) electrons. The highest BCUT2D eigenvalue weighted by Gasteiger charge is 2.36. The van der Waals surface area contributed by atoms with Gasteiger partial charge in [-0.3, -0.25) is 19.3 Å². The van der Waals surface area contributed by atoms with Crippen LogP contribution in [-0.4, -0.2) is 35.5 Å². The quantitative estimate of drug-likeness (QED) is 0.519. The van der Waals surface area contributed by atoms with Crippen LogP contribution in [0.15, 0.2) is 57.9 Å². The Morgan fingerprint density at radius 3 is 2.54 bits per heavy atom. The summed E-state index contributed by atoms with van der Waals surface area (Å²) in [6, 6.07) is 14.0. The highest BCUT2D eigenvalue weighted by Crippen LogP contribution is 2.34. The molecule has 7 heteroatoms. The van der Waals surface area contributed by atoms with Crippen LogP contribution < -0.4 is 4.74 Å². The van der Waals surface area contributed by atoms with E-state index in [4.69, 9.17) is 4.74 Å². The zero-order valence-corrected chi connectivity index (χ0v) is 16.2. The summed E-state index contributed by atoms with van der Waals surface area (Å²) in [6.07, 6.45) is 1.60. The van der Waals surface area contributed by atoms with Crippen molar-refractivity contribution in [2.45, 2.75) is 0 Å². The predicted molar refractivity (Wildman–Crippen MR) is 104 cm³/mol. The van der Waals surface area contributed by atoms with Crippen LogP contribution in [0.3, 0.4) is 0 Å². The minimum Gasteiger partial charge on any atom is -0.496 e. The summed E-state index contributed by atoms with van der Waals surface area (Å²) < 4.78 is 6.10. The van der Waals surface area contributed by atoms with Crippen molar-refractivity contribution in [1.29, 1.82) is 0 Å². The fraction of sp³-hybridized carbons (Fsp3) is 0.105. The maximum Gasteiger partial charge on any atom is 0.293 e. The Balaban J connectivity index is 1.79. The molecular formula is C19H14BrNO4S. The van der Waals surface area contributed by atoms with Crippen LogP contribution in [0.5, 0.6) is 5.75 Å². The number of para-hydroxylation sites is 1. The van der Waals surface area contributed by atoms with Crippen molar-refractivity contribution in [1.82, 2.24) is 4.90 Å². The first-order chi connectivity index (χ1) is 12.5. The molecule has 0 aromatic heterocycles. The molecular weight excluding hydrogens is 418 g/mol. The molecule has 3 rings (SSSR count). The van der Waals surface area contributed by atoms with Crippen LogP contribution in [0.2, 0.25) is 0 Å². The lowest BCUT2D eigenvalue weighted by Gasteiger charge is -2.11. The molecule has 132 valence electrons. The van der Waals surface area contributed by atoms with Crippen LogP contribution in [-0.2, 0) is 4.79 Å². The number of hydrogen-bond donors (Lipinski definition) is 0. The number of imide groups is 1. The van der Waals surface area contributed by atoms with Gasteiger partial charge in [0.05, 0.1) is 18.6 Å². The Kier molecular flexibility index (Phi) is 5.58. The molecule has 0 N–H and O–H groups in total. The highest BCUT2D eigenvalue weighted by atomic mass is 79.9. The minimum absolute atomic E-state index is 0.267. The van der Waals surface area contributed by atoms with Gasteiger partial charge in [-0.05, 0) is 36.0 Å². The Hall–Kier alpha value is -2.38. The number of amides is 2. The molecule has 1 heterocycles. The Labute approximate surface area is 163 Å². The van der Waals surface area contributed by atoms with Gasteiger partial charge in [-0.15, -0.1) is 0 Å². The molecule has 1 aliphatic rings. The summed E-state index contributed by atoms with van der Waals surface area (Å²) in [5.74, 6) is -0.167. The number of carbonyl (C=O) groups excluding carboxylic acids is 3. The Bertz CT molecular complexity index is 908. The average Bonchev–Trinajstić information content (AvgIpc) is 2.90. The van der Waals surface area contributed by atoms with E-state index in [0.717, 1.165) is 21.1 Å². The monoisotopic (exact) mass is 431 g/mol. The van der Waals surface area contributed by atoms with Crippen LogP contribution in [0.4, 0.5) is 4.79 Å². The van der Waals surface area contributed by atoms with Crippen molar-refractivity contribution in [3.63, 3.8) is 0 Å². The highest BCUT2D eigenvalue weighted by molar-refractivity contribution is 9.10. The van der Waals surface area contributed by atoms with Gasteiger partial charge in [0.15, 0.2) is 5.78 Å². The van der Waals surface area contributed by atoms with E-state index in [1.165, 1.54) is 7.11 Å².